The van der Waals surface area contributed by atoms with Crippen molar-refractivity contribution in [1.82, 2.24) is 25.9 Å². The summed E-state index contributed by atoms with van der Waals surface area (Å²) in [6.07, 6.45) is 9.78. The summed E-state index contributed by atoms with van der Waals surface area (Å²) >= 11 is 5.80. The number of hydrogen-bond acceptors (Lipinski definition) is 10. The summed E-state index contributed by atoms with van der Waals surface area (Å²) in [5.74, 6) is -0.499. The third-order valence-electron chi connectivity index (χ3n) is 7.37. The van der Waals surface area contributed by atoms with Crippen LogP contribution in [0, 0.1) is 5.41 Å². The van der Waals surface area contributed by atoms with Crippen molar-refractivity contribution in [2.45, 2.75) is 70.5 Å². The number of aliphatic hydroxyl groups excluding tert-OH is 1. The Balaban J connectivity index is 1.17. The number of carbonyl (C=O) groups excluding carboxylic acids is 2. The van der Waals surface area contributed by atoms with Crippen LogP contribution in [0.2, 0.25) is 5.15 Å². The fourth-order valence-corrected chi connectivity index (χ4v) is 4.93. The molecule has 0 aliphatic rings. The second-order valence-electron chi connectivity index (χ2n) is 11.1. The highest BCUT2D eigenvalue weighted by atomic mass is 35.5. The zero-order valence-electron chi connectivity index (χ0n) is 26.6. The van der Waals surface area contributed by atoms with Crippen molar-refractivity contribution in [3.63, 3.8) is 0 Å². The van der Waals surface area contributed by atoms with Gasteiger partial charge in [0.1, 0.15) is 12.4 Å². The maximum atomic E-state index is 12.2. The number of amides is 2. The summed E-state index contributed by atoms with van der Waals surface area (Å²) in [7, 11) is 0. The van der Waals surface area contributed by atoms with E-state index in [1.807, 2.05) is 36.4 Å². The molecule has 0 radical (unpaired) electrons. The Morgan fingerprint density at radius 2 is 1.60 bits per heavy atom. The van der Waals surface area contributed by atoms with Crippen molar-refractivity contribution < 1.29 is 19.4 Å². The summed E-state index contributed by atoms with van der Waals surface area (Å²) < 4.78 is 5.88. The highest BCUT2D eigenvalue weighted by Crippen LogP contribution is 2.29. The predicted octanol–water partition coefficient (Wildman–Crippen LogP) is 4.53. The molecule has 47 heavy (non-hydrogen) atoms. The molecule has 0 aliphatic carbocycles. The van der Waals surface area contributed by atoms with Gasteiger partial charge in [0.05, 0.1) is 11.8 Å². The maximum absolute atomic E-state index is 12.2. The lowest BCUT2D eigenvalue weighted by Gasteiger charge is -2.16. The lowest BCUT2D eigenvalue weighted by molar-refractivity contribution is -0.105. The number of rotatable bonds is 21. The van der Waals surface area contributed by atoms with E-state index >= 15 is 0 Å². The molecule has 254 valence electrons. The summed E-state index contributed by atoms with van der Waals surface area (Å²) in [6.45, 7) is 2.19. The van der Waals surface area contributed by atoms with E-state index in [0.717, 1.165) is 50.6 Å². The van der Waals surface area contributed by atoms with E-state index in [4.69, 9.17) is 33.2 Å². The van der Waals surface area contributed by atoms with Gasteiger partial charge in [0, 0.05) is 13.1 Å². The predicted molar refractivity (Wildman–Crippen MR) is 185 cm³/mol. The van der Waals surface area contributed by atoms with Gasteiger partial charge in [-0.05, 0) is 42.6 Å². The van der Waals surface area contributed by atoms with E-state index in [-0.39, 0.29) is 28.4 Å². The SMILES string of the molecule is N=C(NCCCCCCCCCCCNC[C@H](O)c1ccc(OCc2ccccc2)c(NC=O)c1)NC(=O)c1nc(Cl)c(N)nc1N. The third kappa shape index (κ3) is 13.4. The van der Waals surface area contributed by atoms with Crippen LogP contribution in [0.3, 0.4) is 0 Å². The van der Waals surface area contributed by atoms with Gasteiger partial charge in [0.25, 0.3) is 5.91 Å². The zero-order valence-corrected chi connectivity index (χ0v) is 27.3. The summed E-state index contributed by atoms with van der Waals surface area (Å²) in [5, 5.41) is 29.6. The van der Waals surface area contributed by atoms with Crippen molar-refractivity contribution in [3.8, 4) is 5.75 Å². The molecule has 13 nitrogen and oxygen atoms in total. The smallest absolute Gasteiger partial charge is 0.280 e. The van der Waals surface area contributed by atoms with Gasteiger partial charge in [-0.3, -0.25) is 20.3 Å². The van der Waals surface area contributed by atoms with Gasteiger partial charge in [-0.1, -0.05) is 92.9 Å². The number of benzene rings is 2. The Hall–Kier alpha value is -4.46. The molecule has 1 heterocycles. The standard InChI is InChI=1S/C33H46ClN9O4/c34-29-31(36)42-30(35)28(41-29)32(46)43-33(37)39-18-12-7-5-3-1-2-4-6-11-17-38-20-26(45)24-15-16-27(25(19-24)40-22-44)47-21-23-13-9-8-10-14-23/h8-10,13-16,19,22,26,38,45H,1-7,11-12,17-18,20-21H2,(H,40,44)(H4,35,36,42)(H3,37,39,43,46)/t26-/m0/s1. The number of anilines is 3. The lowest BCUT2D eigenvalue weighted by Crippen LogP contribution is -2.41. The van der Waals surface area contributed by atoms with Crippen LogP contribution in [0.15, 0.2) is 48.5 Å². The molecule has 3 rings (SSSR count). The first-order chi connectivity index (χ1) is 22.8. The quantitative estimate of drug-likeness (QED) is 0.0344. The van der Waals surface area contributed by atoms with Crippen molar-refractivity contribution in [2.75, 3.05) is 36.4 Å². The first kappa shape index (κ1) is 37.0. The van der Waals surface area contributed by atoms with E-state index < -0.39 is 12.0 Å². The fourth-order valence-electron chi connectivity index (χ4n) is 4.80. The number of halogens is 1. The average molecular weight is 668 g/mol. The van der Waals surface area contributed by atoms with Crippen molar-refractivity contribution in [1.29, 1.82) is 5.41 Å². The monoisotopic (exact) mass is 667 g/mol. The number of aliphatic hydroxyl groups is 1. The van der Waals surface area contributed by atoms with E-state index in [0.29, 0.717) is 43.1 Å². The minimum Gasteiger partial charge on any atom is -0.487 e. The Labute approximate surface area is 280 Å². The molecule has 2 aromatic carbocycles. The van der Waals surface area contributed by atoms with Gasteiger partial charge in [0.15, 0.2) is 28.4 Å². The molecule has 0 unspecified atom stereocenters. The molecule has 0 fully saturated rings. The Kier molecular flexibility index (Phi) is 16.2. The van der Waals surface area contributed by atoms with Crippen molar-refractivity contribution in [3.05, 3.63) is 70.5 Å². The molecule has 3 aromatic rings. The number of nitrogens with two attached hydrogens (primary N) is 2. The average Bonchev–Trinajstić information content (AvgIpc) is 3.06. The number of unbranched alkanes of at least 4 members (excludes halogenated alkanes) is 8. The Morgan fingerprint density at radius 3 is 2.28 bits per heavy atom. The number of carbonyl (C=O) groups is 2. The van der Waals surface area contributed by atoms with Gasteiger partial charge in [-0.15, -0.1) is 0 Å². The Morgan fingerprint density at radius 1 is 0.936 bits per heavy atom. The number of guanidine groups is 1. The van der Waals surface area contributed by atoms with Crippen molar-refractivity contribution in [2.24, 2.45) is 0 Å². The fraction of sp³-hybridized carbons (Fsp3) is 0.424. The van der Waals surface area contributed by atoms with Crippen LogP contribution in [-0.2, 0) is 11.4 Å². The van der Waals surface area contributed by atoms with Crippen LogP contribution in [0.4, 0.5) is 17.3 Å². The molecule has 1 aromatic heterocycles. The molecule has 0 bridgehead atoms. The first-order valence-corrected chi connectivity index (χ1v) is 16.3. The van der Waals surface area contributed by atoms with Crippen LogP contribution in [0.5, 0.6) is 5.75 Å². The van der Waals surface area contributed by atoms with Gasteiger partial charge in [-0.2, -0.15) is 0 Å². The maximum Gasteiger partial charge on any atom is 0.280 e. The van der Waals surface area contributed by atoms with Crippen molar-refractivity contribution >= 4 is 47.2 Å². The molecule has 0 aliphatic heterocycles. The van der Waals surface area contributed by atoms with Gasteiger partial charge in [-0.25, -0.2) is 9.97 Å². The van der Waals surface area contributed by atoms with Gasteiger partial charge < -0.3 is 37.3 Å². The van der Waals surface area contributed by atoms with Gasteiger partial charge in [0.2, 0.25) is 6.41 Å². The van der Waals surface area contributed by atoms with Crippen LogP contribution in [-0.4, -0.2) is 53.0 Å². The van der Waals surface area contributed by atoms with E-state index in [9.17, 15) is 14.7 Å². The van der Waals surface area contributed by atoms with Crippen LogP contribution in [0.25, 0.3) is 0 Å². The molecular formula is C33H46ClN9O4. The number of nitrogens with one attached hydrogen (secondary N) is 5. The number of aromatic nitrogens is 2. The molecule has 0 saturated heterocycles. The van der Waals surface area contributed by atoms with E-state index in [1.54, 1.807) is 12.1 Å². The highest BCUT2D eigenvalue weighted by Gasteiger charge is 2.17. The molecule has 14 heteroatoms. The number of hydrogen-bond donors (Lipinski definition) is 8. The molecule has 0 saturated carbocycles. The largest absolute Gasteiger partial charge is 0.487 e. The number of nitrogen functional groups attached to an aromatic ring is 2. The molecule has 10 N–H and O–H groups in total. The number of ether oxygens (including phenoxy) is 1. The molecule has 1 atom stereocenters. The highest BCUT2D eigenvalue weighted by molar-refractivity contribution is 6.31. The normalized spacial score (nSPS) is 11.4. The topological polar surface area (TPSA) is 213 Å². The lowest BCUT2D eigenvalue weighted by atomic mass is 10.1. The Bertz CT molecular complexity index is 1430. The van der Waals surface area contributed by atoms with Crippen LogP contribution < -0.4 is 37.5 Å². The summed E-state index contributed by atoms with van der Waals surface area (Å²) in [6, 6.07) is 15.1. The summed E-state index contributed by atoms with van der Waals surface area (Å²) in [4.78, 5) is 30.9. The second-order valence-corrected chi connectivity index (χ2v) is 11.4. The molecule has 2 amide bonds. The second kappa shape index (κ2) is 20.6. The zero-order chi connectivity index (χ0) is 33.9. The first-order valence-electron chi connectivity index (χ1n) is 15.9. The third-order valence-corrected chi connectivity index (χ3v) is 7.65. The minimum atomic E-state index is -0.701. The number of nitrogens with zero attached hydrogens (tertiary/aromatic N) is 2. The van der Waals surface area contributed by atoms with Crippen LogP contribution in [0.1, 0.15) is 85.5 Å². The summed E-state index contributed by atoms with van der Waals surface area (Å²) in [5.41, 5.74) is 13.2. The molecule has 0 spiro atoms. The van der Waals surface area contributed by atoms with Gasteiger partial charge >= 0.3 is 0 Å². The van der Waals surface area contributed by atoms with Crippen LogP contribution >= 0.6 is 11.6 Å². The van der Waals surface area contributed by atoms with E-state index in [1.165, 1.54) is 19.3 Å². The minimum absolute atomic E-state index is 0.0644. The van der Waals surface area contributed by atoms with E-state index in [2.05, 4.69) is 31.2 Å². The molecular weight excluding hydrogens is 622 g/mol.